The Bertz CT molecular complexity index is 734. The molecule has 1 aliphatic rings. The fraction of sp³-hybridized carbons (Fsp3) is 0.550. The average molecular weight is 313 g/mol. The lowest BCUT2D eigenvalue weighted by atomic mass is 9.91. The van der Waals surface area contributed by atoms with E-state index in [0.29, 0.717) is 18.3 Å². The molecule has 0 saturated carbocycles. The molecule has 3 heteroatoms. The topological polar surface area (TPSA) is 33.5 Å². The zero-order chi connectivity index (χ0) is 16.7. The van der Waals surface area contributed by atoms with Crippen LogP contribution in [0.1, 0.15) is 42.5 Å². The number of hydrogen-bond donors (Lipinski definition) is 0. The van der Waals surface area contributed by atoms with Gasteiger partial charge in [-0.25, -0.2) is 0 Å². The summed E-state index contributed by atoms with van der Waals surface area (Å²) in [5, 5.41) is 1.12. The minimum Gasteiger partial charge on any atom is -0.464 e. The van der Waals surface area contributed by atoms with E-state index in [-0.39, 0.29) is 5.91 Å². The second-order valence-electron chi connectivity index (χ2n) is 7.52. The summed E-state index contributed by atoms with van der Waals surface area (Å²) in [6, 6.07) is 2.19. The first-order chi connectivity index (χ1) is 10.9. The molecule has 1 aromatic heterocycles. The second kappa shape index (κ2) is 6.03. The fourth-order valence-electron chi connectivity index (χ4n) is 4.06. The first-order valence-electron chi connectivity index (χ1n) is 8.61. The number of furan rings is 1. The normalized spacial score (nSPS) is 21.9. The molecule has 0 aliphatic carbocycles. The molecule has 2 heterocycles. The number of likely N-dealkylation sites (tertiary alicyclic amines) is 1. The standard InChI is InChI=1S/C20H27NO2/c1-12-6-13(2)10-21(9-12)18(22)8-17-11-23-20-16(5)14(3)7-15(4)19(17)20/h7,11-13H,6,8-10H2,1-5H3. The number of carbonyl (C=O) groups excluding carboxylic acids is 1. The van der Waals surface area contributed by atoms with Gasteiger partial charge >= 0.3 is 0 Å². The third kappa shape index (κ3) is 3.01. The minimum absolute atomic E-state index is 0.226. The number of carbonyl (C=O) groups is 1. The van der Waals surface area contributed by atoms with Crippen LogP contribution in [0.3, 0.4) is 0 Å². The molecule has 3 nitrogen and oxygen atoms in total. The van der Waals surface area contributed by atoms with Gasteiger partial charge in [0.25, 0.3) is 0 Å². The zero-order valence-electron chi connectivity index (χ0n) is 14.9. The van der Waals surface area contributed by atoms with Gasteiger partial charge in [-0.2, -0.15) is 0 Å². The van der Waals surface area contributed by atoms with Crippen molar-refractivity contribution in [3.63, 3.8) is 0 Å². The summed E-state index contributed by atoms with van der Waals surface area (Å²) in [5.74, 6) is 1.41. The minimum atomic E-state index is 0.226. The molecule has 0 N–H and O–H groups in total. The van der Waals surface area contributed by atoms with Crippen LogP contribution in [0.5, 0.6) is 0 Å². The fourth-order valence-corrected chi connectivity index (χ4v) is 4.06. The number of amides is 1. The lowest BCUT2D eigenvalue weighted by Crippen LogP contribution is -2.43. The van der Waals surface area contributed by atoms with Crippen molar-refractivity contribution in [1.29, 1.82) is 0 Å². The predicted molar refractivity (Wildman–Crippen MR) is 93.7 cm³/mol. The maximum absolute atomic E-state index is 12.7. The molecule has 1 aliphatic heterocycles. The van der Waals surface area contributed by atoms with Gasteiger partial charge in [0, 0.05) is 24.0 Å². The summed E-state index contributed by atoms with van der Waals surface area (Å²) in [6.07, 6.45) is 3.44. The lowest BCUT2D eigenvalue weighted by molar-refractivity contribution is -0.133. The van der Waals surface area contributed by atoms with Crippen molar-refractivity contribution < 1.29 is 9.21 Å². The van der Waals surface area contributed by atoms with Gasteiger partial charge in [-0.1, -0.05) is 19.9 Å². The van der Waals surface area contributed by atoms with E-state index in [9.17, 15) is 4.79 Å². The van der Waals surface area contributed by atoms with Gasteiger partial charge in [0.05, 0.1) is 12.7 Å². The Hall–Kier alpha value is -1.77. The predicted octanol–water partition coefficient (Wildman–Crippen LogP) is 4.41. The van der Waals surface area contributed by atoms with Crippen LogP contribution in [0, 0.1) is 32.6 Å². The Morgan fingerprint density at radius 2 is 1.83 bits per heavy atom. The van der Waals surface area contributed by atoms with Gasteiger partial charge in [-0.05, 0) is 55.7 Å². The maximum Gasteiger partial charge on any atom is 0.227 e. The van der Waals surface area contributed by atoms with Gasteiger partial charge in [0.1, 0.15) is 5.58 Å². The van der Waals surface area contributed by atoms with Crippen molar-refractivity contribution in [3.05, 3.63) is 34.6 Å². The lowest BCUT2D eigenvalue weighted by Gasteiger charge is -2.35. The van der Waals surface area contributed by atoms with Crippen LogP contribution >= 0.6 is 0 Å². The molecule has 0 radical (unpaired) electrons. The average Bonchev–Trinajstić information content (AvgIpc) is 2.88. The molecule has 1 aromatic carbocycles. The third-order valence-corrected chi connectivity index (χ3v) is 5.19. The first-order valence-corrected chi connectivity index (χ1v) is 8.61. The Morgan fingerprint density at radius 1 is 1.17 bits per heavy atom. The smallest absolute Gasteiger partial charge is 0.227 e. The van der Waals surface area contributed by atoms with Crippen LogP contribution < -0.4 is 0 Å². The number of nitrogens with zero attached hydrogens (tertiary/aromatic N) is 1. The number of fused-ring (bicyclic) bond motifs is 1. The molecule has 0 bridgehead atoms. The molecule has 1 fully saturated rings. The van der Waals surface area contributed by atoms with Gasteiger partial charge in [0.15, 0.2) is 0 Å². The summed E-state index contributed by atoms with van der Waals surface area (Å²) in [6.45, 7) is 12.5. The summed E-state index contributed by atoms with van der Waals surface area (Å²) in [4.78, 5) is 14.8. The number of hydrogen-bond acceptors (Lipinski definition) is 2. The van der Waals surface area contributed by atoms with Crippen molar-refractivity contribution in [2.45, 2.75) is 47.5 Å². The van der Waals surface area contributed by atoms with Gasteiger partial charge in [0.2, 0.25) is 5.91 Å². The van der Waals surface area contributed by atoms with Crippen LogP contribution in [0.2, 0.25) is 0 Å². The molecule has 1 saturated heterocycles. The highest BCUT2D eigenvalue weighted by Gasteiger charge is 2.26. The highest BCUT2D eigenvalue weighted by molar-refractivity contribution is 5.92. The Morgan fingerprint density at radius 3 is 2.48 bits per heavy atom. The molecule has 23 heavy (non-hydrogen) atoms. The molecule has 2 unspecified atom stereocenters. The molecular formula is C20H27NO2. The zero-order valence-corrected chi connectivity index (χ0v) is 14.9. The van der Waals surface area contributed by atoms with Crippen molar-refractivity contribution in [2.24, 2.45) is 11.8 Å². The number of piperidine rings is 1. The molecule has 3 rings (SSSR count). The largest absolute Gasteiger partial charge is 0.464 e. The summed E-state index contributed by atoms with van der Waals surface area (Å²) < 4.78 is 5.80. The van der Waals surface area contributed by atoms with E-state index in [0.717, 1.165) is 29.6 Å². The van der Waals surface area contributed by atoms with Crippen LogP contribution in [0.15, 0.2) is 16.7 Å². The van der Waals surface area contributed by atoms with Crippen LogP contribution in [-0.2, 0) is 11.2 Å². The van der Waals surface area contributed by atoms with E-state index in [4.69, 9.17) is 4.42 Å². The highest BCUT2D eigenvalue weighted by atomic mass is 16.3. The molecule has 0 spiro atoms. The maximum atomic E-state index is 12.7. The van der Waals surface area contributed by atoms with E-state index < -0.39 is 0 Å². The molecule has 2 atom stereocenters. The second-order valence-corrected chi connectivity index (χ2v) is 7.52. The monoisotopic (exact) mass is 313 g/mol. The molecular weight excluding hydrogens is 286 g/mol. The molecule has 124 valence electrons. The van der Waals surface area contributed by atoms with E-state index >= 15 is 0 Å². The van der Waals surface area contributed by atoms with Gasteiger partial charge in [-0.15, -0.1) is 0 Å². The SMILES string of the molecule is Cc1cc(C)c2c(CC(=O)N3CC(C)CC(C)C3)coc2c1C. The van der Waals surface area contributed by atoms with E-state index in [1.807, 2.05) is 4.90 Å². The summed E-state index contributed by atoms with van der Waals surface area (Å²) in [5.41, 5.74) is 5.56. The van der Waals surface area contributed by atoms with Crippen LogP contribution in [-0.4, -0.2) is 23.9 Å². The van der Waals surface area contributed by atoms with E-state index in [1.165, 1.54) is 23.1 Å². The van der Waals surface area contributed by atoms with Gasteiger partial charge < -0.3 is 9.32 Å². The Balaban J connectivity index is 1.87. The Labute approximate surface area is 138 Å². The van der Waals surface area contributed by atoms with Crippen LogP contribution in [0.4, 0.5) is 0 Å². The highest BCUT2D eigenvalue weighted by Crippen LogP contribution is 2.31. The molecule has 2 aromatic rings. The van der Waals surface area contributed by atoms with E-state index in [1.54, 1.807) is 6.26 Å². The first kappa shape index (κ1) is 16.1. The third-order valence-electron chi connectivity index (χ3n) is 5.19. The van der Waals surface area contributed by atoms with Crippen molar-refractivity contribution in [1.82, 2.24) is 4.90 Å². The molecule has 1 amide bonds. The Kier molecular flexibility index (Phi) is 4.22. The van der Waals surface area contributed by atoms with Crippen molar-refractivity contribution in [3.8, 4) is 0 Å². The quantitative estimate of drug-likeness (QED) is 0.823. The number of aryl methyl sites for hydroxylation is 3. The van der Waals surface area contributed by atoms with E-state index in [2.05, 4.69) is 40.7 Å². The van der Waals surface area contributed by atoms with Crippen LogP contribution in [0.25, 0.3) is 11.0 Å². The summed E-state index contributed by atoms with van der Waals surface area (Å²) in [7, 11) is 0. The van der Waals surface area contributed by atoms with Gasteiger partial charge in [-0.3, -0.25) is 4.79 Å². The van der Waals surface area contributed by atoms with Crippen molar-refractivity contribution >= 4 is 16.9 Å². The number of benzene rings is 1. The van der Waals surface area contributed by atoms with Crippen molar-refractivity contribution in [2.75, 3.05) is 13.1 Å². The summed E-state index contributed by atoms with van der Waals surface area (Å²) >= 11 is 0. The number of rotatable bonds is 2.